The molecule has 0 aliphatic heterocycles. The van der Waals surface area contributed by atoms with E-state index in [1.165, 1.54) is 6.42 Å². The molecule has 3 heteroatoms. The molecule has 0 unspecified atom stereocenters. The molecule has 13 heavy (non-hydrogen) atoms. The molecule has 0 rings (SSSR count). The Bertz CT molecular complexity index is 107. The van der Waals surface area contributed by atoms with Gasteiger partial charge in [0.15, 0.2) is 0 Å². The topological polar surface area (TPSA) is 33.3 Å². The van der Waals surface area contributed by atoms with Crippen LogP contribution in [0, 0.1) is 0 Å². The van der Waals surface area contributed by atoms with Crippen LogP contribution in [0.15, 0.2) is 12.7 Å². The zero-order valence-corrected chi connectivity index (χ0v) is 8.64. The van der Waals surface area contributed by atoms with Crippen molar-refractivity contribution in [2.45, 2.75) is 12.8 Å². The maximum absolute atomic E-state index is 4.91. The van der Waals surface area contributed by atoms with Gasteiger partial charge in [0, 0.05) is 13.7 Å². The first-order valence-corrected chi connectivity index (χ1v) is 4.93. The van der Waals surface area contributed by atoms with Gasteiger partial charge >= 0.3 is 0 Å². The summed E-state index contributed by atoms with van der Waals surface area (Å²) in [5.41, 5.74) is 0. The average molecular weight is 186 g/mol. The summed E-state index contributed by atoms with van der Waals surface area (Å²) < 4.78 is 4.91. The van der Waals surface area contributed by atoms with Crippen molar-refractivity contribution >= 4 is 0 Å². The summed E-state index contributed by atoms with van der Waals surface area (Å²) in [5.74, 6) is 0. The van der Waals surface area contributed by atoms with Crippen molar-refractivity contribution in [2.75, 3.05) is 39.9 Å². The molecule has 0 saturated carbocycles. The Morgan fingerprint density at radius 2 is 1.85 bits per heavy atom. The molecular weight excluding hydrogens is 164 g/mol. The van der Waals surface area contributed by atoms with Gasteiger partial charge in [-0.15, -0.1) is 6.58 Å². The maximum Gasteiger partial charge on any atom is 0.0587 e. The fraction of sp³-hybridized carbons (Fsp3) is 0.800. The van der Waals surface area contributed by atoms with Crippen molar-refractivity contribution in [3.8, 4) is 0 Å². The molecule has 0 fully saturated rings. The van der Waals surface area contributed by atoms with Gasteiger partial charge in [-0.05, 0) is 32.5 Å². The Morgan fingerprint density at radius 3 is 2.46 bits per heavy atom. The van der Waals surface area contributed by atoms with Gasteiger partial charge in [0.05, 0.1) is 6.61 Å². The van der Waals surface area contributed by atoms with Gasteiger partial charge in [-0.1, -0.05) is 6.08 Å². The van der Waals surface area contributed by atoms with E-state index < -0.39 is 0 Å². The van der Waals surface area contributed by atoms with E-state index in [-0.39, 0.29) is 0 Å². The van der Waals surface area contributed by atoms with Crippen LogP contribution in [0.3, 0.4) is 0 Å². The molecule has 2 N–H and O–H groups in total. The van der Waals surface area contributed by atoms with E-state index in [4.69, 9.17) is 4.74 Å². The Hall–Kier alpha value is -0.380. The predicted octanol–water partition coefficient (Wildman–Crippen LogP) is 0.778. The molecule has 3 nitrogen and oxygen atoms in total. The first-order chi connectivity index (χ1) is 6.41. The molecule has 0 spiro atoms. The minimum absolute atomic E-state index is 0.796. The van der Waals surface area contributed by atoms with E-state index in [0.717, 1.165) is 39.2 Å². The van der Waals surface area contributed by atoms with Crippen LogP contribution in [0.4, 0.5) is 0 Å². The van der Waals surface area contributed by atoms with E-state index in [1.54, 1.807) is 7.11 Å². The van der Waals surface area contributed by atoms with E-state index in [2.05, 4.69) is 17.2 Å². The highest BCUT2D eigenvalue weighted by Gasteiger charge is 1.87. The fourth-order valence-electron chi connectivity index (χ4n) is 0.967. The lowest BCUT2D eigenvalue weighted by atomic mass is 10.4. The van der Waals surface area contributed by atoms with Crippen molar-refractivity contribution in [2.24, 2.45) is 0 Å². The lowest BCUT2D eigenvalue weighted by Gasteiger charge is -2.04. The van der Waals surface area contributed by atoms with Gasteiger partial charge < -0.3 is 15.4 Å². The van der Waals surface area contributed by atoms with Crippen molar-refractivity contribution < 1.29 is 4.74 Å². The van der Waals surface area contributed by atoms with Crippen LogP contribution >= 0.6 is 0 Å². The highest BCUT2D eigenvalue weighted by atomic mass is 16.5. The molecule has 0 bridgehead atoms. The second-order valence-electron chi connectivity index (χ2n) is 2.92. The molecule has 0 aromatic heterocycles. The number of methoxy groups -OCH3 is 1. The van der Waals surface area contributed by atoms with Crippen molar-refractivity contribution in [1.29, 1.82) is 0 Å². The third kappa shape index (κ3) is 11.6. The Balaban J connectivity index is 2.79. The normalized spacial score (nSPS) is 10.2. The molecule has 0 aliphatic carbocycles. The smallest absolute Gasteiger partial charge is 0.0587 e. The Labute approximate surface area is 81.5 Å². The summed E-state index contributed by atoms with van der Waals surface area (Å²) in [4.78, 5) is 0. The molecule has 0 amide bonds. The van der Waals surface area contributed by atoms with Crippen molar-refractivity contribution in [3.05, 3.63) is 12.7 Å². The van der Waals surface area contributed by atoms with Gasteiger partial charge in [0.25, 0.3) is 0 Å². The van der Waals surface area contributed by atoms with E-state index in [0.29, 0.717) is 0 Å². The largest absolute Gasteiger partial charge is 0.383 e. The van der Waals surface area contributed by atoms with Crippen LogP contribution in [-0.4, -0.2) is 39.9 Å². The maximum atomic E-state index is 4.91. The molecule has 0 atom stereocenters. The molecule has 0 saturated heterocycles. The highest BCUT2D eigenvalue weighted by Crippen LogP contribution is 1.77. The number of hydrogen-bond donors (Lipinski definition) is 2. The van der Waals surface area contributed by atoms with Gasteiger partial charge in [0.1, 0.15) is 0 Å². The molecule has 0 aromatic carbocycles. The van der Waals surface area contributed by atoms with Gasteiger partial charge in [-0.3, -0.25) is 0 Å². The summed E-state index contributed by atoms with van der Waals surface area (Å²) in [5, 5.41) is 6.63. The number of rotatable bonds is 10. The summed E-state index contributed by atoms with van der Waals surface area (Å²) in [6, 6.07) is 0. The second-order valence-corrected chi connectivity index (χ2v) is 2.92. The Morgan fingerprint density at radius 1 is 1.15 bits per heavy atom. The predicted molar refractivity (Wildman–Crippen MR) is 57.0 cm³/mol. The number of ether oxygens (including phenoxy) is 1. The monoisotopic (exact) mass is 186 g/mol. The zero-order chi connectivity index (χ0) is 9.78. The molecule has 0 aliphatic rings. The number of hydrogen-bond acceptors (Lipinski definition) is 3. The van der Waals surface area contributed by atoms with E-state index >= 15 is 0 Å². The summed E-state index contributed by atoms with van der Waals surface area (Å²) in [6.45, 7) is 8.59. The first kappa shape index (κ1) is 12.6. The SMILES string of the molecule is C=CCCNCCCNCCOC. The lowest BCUT2D eigenvalue weighted by Crippen LogP contribution is -2.24. The van der Waals surface area contributed by atoms with Crippen LogP contribution in [0.5, 0.6) is 0 Å². The standard InChI is InChI=1S/C10H22N2O/c1-3-4-6-11-7-5-8-12-9-10-13-2/h3,11-12H,1,4-10H2,2H3. The van der Waals surface area contributed by atoms with E-state index in [1.807, 2.05) is 6.08 Å². The molecule has 0 aromatic rings. The lowest BCUT2D eigenvalue weighted by molar-refractivity contribution is 0.199. The first-order valence-electron chi connectivity index (χ1n) is 4.93. The molecule has 0 heterocycles. The van der Waals surface area contributed by atoms with Crippen LogP contribution in [0.1, 0.15) is 12.8 Å². The summed E-state index contributed by atoms with van der Waals surface area (Å²) >= 11 is 0. The number of nitrogens with one attached hydrogen (secondary N) is 2. The third-order valence-corrected chi connectivity index (χ3v) is 1.72. The summed E-state index contributed by atoms with van der Waals surface area (Å²) in [6.07, 6.45) is 4.15. The van der Waals surface area contributed by atoms with Gasteiger partial charge in [-0.25, -0.2) is 0 Å². The molecule has 78 valence electrons. The van der Waals surface area contributed by atoms with Crippen molar-refractivity contribution in [1.82, 2.24) is 10.6 Å². The van der Waals surface area contributed by atoms with E-state index in [9.17, 15) is 0 Å². The average Bonchev–Trinajstić information content (AvgIpc) is 2.16. The minimum atomic E-state index is 0.796. The second kappa shape index (κ2) is 11.6. The van der Waals surface area contributed by atoms with Crippen LogP contribution in [0.25, 0.3) is 0 Å². The van der Waals surface area contributed by atoms with Crippen LogP contribution in [-0.2, 0) is 4.74 Å². The van der Waals surface area contributed by atoms with Crippen molar-refractivity contribution in [3.63, 3.8) is 0 Å². The minimum Gasteiger partial charge on any atom is -0.383 e. The van der Waals surface area contributed by atoms with Crippen LogP contribution in [0.2, 0.25) is 0 Å². The molecular formula is C10H22N2O. The third-order valence-electron chi connectivity index (χ3n) is 1.72. The highest BCUT2D eigenvalue weighted by molar-refractivity contribution is 4.67. The fourth-order valence-corrected chi connectivity index (χ4v) is 0.967. The summed E-state index contributed by atoms with van der Waals surface area (Å²) in [7, 11) is 1.72. The molecule has 0 radical (unpaired) electrons. The van der Waals surface area contributed by atoms with Crippen LogP contribution < -0.4 is 10.6 Å². The quantitative estimate of drug-likeness (QED) is 0.391. The van der Waals surface area contributed by atoms with Gasteiger partial charge in [0.2, 0.25) is 0 Å². The van der Waals surface area contributed by atoms with Gasteiger partial charge in [-0.2, -0.15) is 0 Å². The zero-order valence-electron chi connectivity index (χ0n) is 8.64. The Kier molecular flexibility index (Phi) is 11.3.